The number of carbonyl (C=O) groups excluding carboxylic acids is 1. The highest BCUT2D eigenvalue weighted by Gasteiger charge is 2.19. The number of urea groups is 1. The lowest BCUT2D eigenvalue weighted by atomic mass is 9.90. The van der Waals surface area contributed by atoms with E-state index in [2.05, 4.69) is 25.9 Å². The summed E-state index contributed by atoms with van der Waals surface area (Å²) in [5, 5.41) is 19.6. The van der Waals surface area contributed by atoms with E-state index in [1.165, 1.54) is 37.2 Å². The summed E-state index contributed by atoms with van der Waals surface area (Å²) < 4.78 is 0. The Morgan fingerprint density at radius 2 is 1.94 bits per heavy atom. The molecule has 0 bridgehead atoms. The number of amides is 2. The van der Waals surface area contributed by atoms with Crippen molar-refractivity contribution in [3.63, 3.8) is 0 Å². The molecule has 0 spiro atoms. The van der Waals surface area contributed by atoms with Crippen LogP contribution in [0, 0.1) is 17.4 Å². The van der Waals surface area contributed by atoms with E-state index in [0.717, 1.165) is 31.4 Å². The summed E-state index contributed by atoms with van der Waals surface area (Å²) in [4.78, 5) is 26.2. The van der Waals surface area contributed by atoms with Crippen molar-refractivity contribution in [1.82, 2.24) is 20.7 Å². The van der Waals surface area contributed by atoms with Crippen molar-refractivity contribution < 1.29 is 9.63 Å². The zero-order valence-electron chi connectivity index (χ0n) is 20.1. The molecule has 1 aliphatic carbocycles. The minimum atomic E-state index is -0.151. The number of nitriles is 1. The summed E-state index contributed by atoms with van der Waals surface area (Å²) in [7, 11) is 0. The molecule has 1 aliphatic rings. The van der Waals surface area contributed by atoms with Crippen molar-refractivity contribution in [3.8, 4) is 6.19 Å². The lowest BCUT2D eigenvalue weighted by Crippen LogP contribution is -2.44. The summed E-state index contributed by atoms with van der Waals surface area (Å²) in [6.45, 7) is 5.83. The van der Waals surface area contributed by atoms with Gasteiger partial charge >= 0.3 is 6.03 Å². The molecular formula is C24H39N7O2. The van der Waals surface area contributed by atoms with Crippen LogP contribution in [0.15, 0.2) is 29.5 Å². The SMILES string of the molecule is CC(C)NC(=O)N(CCCCCCN/C(=N\C#N)Nc1ccncc1)OCC1CCCCC1. The number of nitrogens with one attached hydrogen (secondary N) is 3. The molecule has 1 heterocycles. The average Bonchev–Trinajstić information content (AvgIpc) is 2.81. The fourth-order valence-corrected chi connectivity index (χ4v) is 3.77. The Morgan fingerprint density at radius 1 is 1.21 bits per heavy atom. The van der Waals surface area contributed by atoms with Crippen LogP contribution in [-0.2, 0) is 4.84 Å². The summed E-state index contributed by atoms with van der Waals surface area (Å²) in [5.41, 5.74) is 0.819. The average molecular weight is 458 g/mol. The lowest BCUT2D eigenvalue weighted by molar-refractivity contribution is -0.133. The molecule has 0 atom stereocenters. The fraction of sp³-hybridized carbons (Fsp3) is 0.667. The maximum absolute atomic E-state index is 12.5. The third kappa shape index (κ3) is 11.5. The summed E-state index contributed by atoms with van der Waals surface area (Å²) >= 11 is 0. The number of pyridine rings is 1. The summed E-state index contributed by atoms with van der Waals surface area (Å²) in [6.07, 6.45) is 15.2. The van der Waals surface area contributed by atoms with Crippen molar-refractivity contribution in [2.45, 2.75) is 77.7 Å². The molecular weight excluding hydrogens is 418 g/mol. The molecule has 0 aromatic carbocycles. The van der Waals surface area contributed by atoms with Crippen LogP contribution in [0.4, 0.5) is 10.5 Å². The quantitative estimate of drug-likeness (QED) is 0.141. The van der Waals surface area contributed by atoms with Crippen LogP contribution in [0.25, 0.3) is 0 Å². The summed E-state index contributed by atoms with van der Waals surface area (Å²) in [5.74, 6) is 0.987. The Kier molecular flexibility index (Phi) is 12.7. The minimum absolute atomic E-state index is 0.0781. The zero-order valence-corrected chi connectivity index (χ0v) is 20.1. The Balaban J connectivity index is 1.65. The van der Waals surface area contributed by atoms with Gasteiger partial charge in [-0.3, -0.25) is 9.82 Å². The number of guanidine groups is 1. The lowest BCUT2D eigenvalue weighted by Gasteiger charge is -2.27. The van der Waals surface area contributed by atoms with Crippen LogP contribution in [0.3, 0.4) is 0 Å². The third-order valence-electron chi connectivity index (χ3n) is 5.51. The number of hydroxylamine groups is 2. The molecule has 9 heteroatoms. The molecule has 9 nitrogen and oxygen atoms in total. The van der Waals surface area contributed by atoms with E-state index >= 15 is 0 Å². The van der Waals surface area contributed by atoms with E-state index in [9.17, 15) is 4.79 Å². The maximum Gasteiger partial charge on any atom is 0.341 e. The molecule has 2 amide bonds. The van der Waals surface area contributed by atoms with E-state index in [0.29, 0.717) is 31.6 Å². The molecule has 2 rings (SSSR count). The van der Waals surface area contributed by atoms with Crippen molar-refractivity contribution in [1.29, 1.82) is 5.26 Å². The Hall–Kier alpha value is -2.86. The third-order valence-corrected chi connectivity index (χ3v) is 5.51. The number of hydrogen-bond donors (Lipinski definition) is 3. The van der Waals surface area contributed by atoms with Gasteiger partial charge in [0.05, 0.1) is 13.2 Å². The first-order valence-corrected chi connectivity index (χ1v) is 12.2. The van der Waals surface area contributed by atoms with Crippen LogP contribution in [-0.4, -0.2) is 47.8 Å². The van der Waals surface area contributed by atoms with Crippen molar-refractivity contribution in [3.05, 3.63) is 24.5 Å². The van der Waals surface area contributed by atoms with Gasteiger partial charge in [0.2, 0.25) is 12.2 Å². The van der Waals surface area contributed by atoms with Gasteiger partial charge in [-0.15, -0.1) is 4.99 Å². The number of aromatic nitrogens is 1. The highest BCUT2D eigenvalue weighted by Crippen LogP contribution is 2.24. The topological polar surface area (TPSA) is 115 Å². The normalized spacial score (nSPS) is 14.5. The van der Waals surface area contributed by atoms with Crippen LogP contribution in [0.2, 0.25) is 0 Å². The molecule has 0 unspecified atom stereocenters. The van der Waals surface area contributed by atoms with Gasteiger partial charge in [0, 0.05) is 30.7 Å². The molecule has 33 heavy (non-hydrogen) atoms. The first kappa shape index (κ1) is 26.4. The molecule has 0 radical (unpaired) electrons. The van der Waals surface area contributed by atoms with E-state index in [-0.39, 0.29) is 12.1 Å². The highest BCUT2D eigenvalue weighted by molar-refractivity contribution is 5.94. The van der Waals surface area contributed by atoms with Crippen LogP contribution in [0.1, 0.15) is 71.6 Å². The van der Waals surface area contributed by atoms with Gasteiger partial charge in [-0.1, -0.05) is 32.1 Å². The Bertz CT molecular complexity index is 743. The molecule has 1 saturated carbocycles. The van der Waals surface area contributed by atoms with Crippen LogP contribution < -0.4 is 16.0 Å². The van der Waals surface area contributed by atoms with Gasteiger partial charge in [0.1, 0.15) is 0 Å². The number of unbranched alkanes of at least 4 members (excludes halogenated alkanes) is 3. The molecule has 182 valence electrons. The molecule has 1 fully saturated rings. The monoisotopic (exact) mass is 457 g/mol. The fourth-order valence-electron chi connectivity index (χ4n) is 3.77. The minimum Gasteiger partial charge on any atom is -0.355 e. The predicted molar refractivity (Wildman–Crippen MR) is 130 cm³/mol. The van der Waals surface area contributed by atoms with Crippen LogP contribution in [0.5, 0.6) is 0 Å². The largest absolute Gasteiger partial charge is 0.355 e. The molecule has 0 saturated heterocycles. The molecule has 1 aromatic heterocycles. The second kappa shape index (κ2) is 15.9. The van der Waals surface area contributed by atoms with Crippen molar-refractivity contribution in [2.75, 3.05) is 25.0 Å². The van der Waals surface area contributed by atoms with Crippen molar-refractivity contribution in [2.24, 2.45) is 10.9 Å². The summed E-state index contributed by atoms with van der Waals surface area (Å²) in [6, 6.07) is 3.55. The van der Waals surface area contributed by atoms with Gasteiger partial charge in [0.25, 0.3) is 0 Å². The zero-order chi connectivity index (χ0) is 23.7. The van der Waals surface area contributed by atoms with E-state index in [4.69, 9.17) is 10.1 Å². The molecule has 0 aliphatic heterocycles. The number of nitrogens with zero attached hydrogens (tertiary/aromatic N) is 4. The highest BCUT2D eigenvalue weighted by atomic mass is 16.7. The number of rotatable bonds is 12. The van der Waals surface area contributed by atoms with Gasteiger partial charge in [-0.2, -0.15) is 5.26 Å². The van der Waals surface area contributed by atoms with E-state index in [1.807, 2.05) is 32.2 Å². The van der Waals surface area contributed by atoms with Crippen LogP contribution >= 0.6 is 0 Å². The number of carbonyl (C=O) groups is 1. The van der Waals surface area contributed by atoms with Gasteiger partial charge in [0.15, 0.2) is 0 Å². The van der Waals surface area contributed by atoms with E-state index in [1.54, 1.807) is 12.4 Å². The van der Waals surface area contributed by atoms with Gasteiger partial charge in [-0.05, 0) is 57.6 Å². The smallest absolute Gasteiger partial charge is 0.341 e. The van der Waals surface area contributed by atoms with Gasteiger partial charge in [-0.25, -0.2) is 9.86 Å². The van der Waals surface area contributed by atoms with Crippen molar-refractivity contribution >= 4 is 17.7 Å². The Morgan fingerprint density at radius 3 is 2.64 bits per heavy atom. The predicted octanol–water partition coefficient (Wildman–Crippen LogP) is 4.41. The maximum atomic E-state index is 12.5. The van der Waals surface area contributed by atoms with E-state index < -0.39 is 0 Å². The second-order valence-corrected chi connectivity index (χ2v) is 8.77. The number of anilines is 1. The first-order valence-electron chi connectivity index (χ1n) is 12.2. The first-order chi connectivity index (χ1) is 16.1. The van der Waals surface area contributed by atoms with Gasteiger partial charge < -0.3 is 16.0 Å². The molecule has 1 aromatic rings. The standard InChI is InChI=1S/C24H39N7O2/c1-20(2)29-24(32)31(33-18-21-10-6-5-7-11-21)17-9-4-3-8-14-27-23(28-19-25)30-22-12-15-26-16-13-22/h12-13,15-16,20-21H,3-11,14,17-18H2,1-2H3,(H,29,32)(H2,26,27,28,30). The molecule has 3 N–H and O–H groups in total. The number of hydrogen-bond acceptors (Lipinski definition) is 5. The second-order valence-electron chi connectivity index (χ2n) is 8.77. The number of aliphatic imine (C=N–C) groups is 1. The Labute approximate surface area is 198 Å².